The summed E-state index contributed by atoms with van der Waals surface area (Å²) in [5.41, 5.74) is 0. The minimum atomic E-state index is -1.29. The zero-order chi connectivity index (χ0) is 24.5. The molecule has 0 aromatic heterocycles. The van der Waals surface area contributed by atoms with Gasteiger partial charge in [-0.25, -0.2) is 4.79 Å². The number of carbonyl (C=O) groups is 6. The first-order valence-corrected chi connectivity index (χ1v) is 10.2. The second-order valence-electron chi connectivity index (χ2n) is 7.16. The number of carboxylic acids is 2. The van der Waals surface area contributed by atoms with Crippen molar-refractivity contribution in [2.45, 2.75) is 52.0 Å². The molecule has 12 nitrogen and oxygen atoms in total. The zero-order valence-electron chi connectivity index (χ0n) is 18.4. The van der Waals surface area contributed by atoms with Crippen LogP contribution in [0.1, 0.15) is 46.0 Å². The minimum Gasteiger partial charge on any atom is -0.481 e. The Balaban J connectivity index is 4.24. The number of ketones is 2. The first-order valence-electron chi connectivity index (χ1n) is 10.2. The average Bonchev–Trinajstić information content (AvgIpc) is 2.69. The van der Waals surface area contributed by atoms with Crippen LogP contribution in [0.2, 0.25) is 0 Å². The Morgan fingerprint density at radius 1 is 0.844 bits per heavy atom. The van der Waals surface area contributed by atoms with Gasteiger partial charge in [-0.1, -0.05) is 0 Å². The van der Waals surface area contributed by atoms with Crippen LogP contribution in [0.4, 0.5) is 0 Å². The molecule has 0 aromatic carbocycles. The molecule has 0 unspecified atom stereocenters. The van der Waals surface area contributed by atoms with Crippen LogP contribution in [0.3, 0.4) is 0 Å². The summed E-state index contributed by atoms with van der Waals surface area (Å²) < 4.78 is 10.3. The van der Waals surface area contributed by atoms with Gasteiger partial charge in [-0.2, -0.15) is 0 Å². The number of ether oxygens (including phenoxy) is 2. The summed E-state index contributed by atoms with van der Waals surface area (Å²) >= 11 is 0. The molecule has 182 valence electrons. The number of hydrogen-bond acceptors (Lipinski definition) is 8. The molecule has 0 fully saturated rings. The fourth-order valence-electron chi connectivity index (χ4n) is 2.53. The van der Waals surface area contributed by atoms with Crippen molar-refractivity contribution in [3.63, 3.8) is 0 Å². The highest BCUT2D eigenvalue weighted by atomic mass is 16.5. The Kier molecular flexibility index (Phi) is 15.3. The summed E-state index contributed by atoms with van der Waals surface area (Å²) in [7, 11) is 0. The average molecular weight is 460 g/mol. The van der Waals surface area contributed by atoms with E-state index in [1.54, 1.807) is 0 Å². The number of nitrogens with one attached hydrogen (secondary N) is 2. The Hall–Kier alpha value is -2.86. The number of aliphatic carboxylic acids is 2. The van der Waals surface area contributed by atoms with Gasteiger partial charge in [-0.05, 0) is 19.8 Å². The van der Waals surface area contributed by atoms with Crippen molar-refractivity contribution >= 4 is 35.3 Å². The second-order valence-corrected chi connectivity index (χ2v) is 7.16. The lowest BCUT2D eigenvalue weighted by Gasteiger charge is -2.15. The number of hydrogen-bond donors (Lipinski definition) is 4. The molecule has 0 heterocycles. The second kappa shape index (κ2) is 16.8. The summed E-state index contributed by atoms with van der Waals surface area (Å²) in [6, 6.07) is -1.25. The maximum atomic E-state index is 12.0. The predicted molar refractivity (Wildman–Crippen MR) is 110 cm³/mol. The summed E-state index contributed by atoms with van der Waals surface area (Å²) in [6.45, 7) is 3.34. The smallest absolute Gasteiger partial charge is 0.326 e. The van der Waals surface area contributed by atoms with E-state index in [4.69, 9.17) is 14.6 Å². The molecule has 2 amide bonds. The van der Waals surface area contributed by atoms with Crippen molar-refractivity contribution in [2.24, 2.45) is 5.92 Å². The van der Waals surface area contributed by atoms with E-state index in [9.17, 15) is 33.9 Å². The van der Waals surface area contributed by atoms with Crippen molar-refractivity contribution in [2.75, 3.05) is 33.0 Å². The summed E-state index contributed by atoms with van der Waals surface area (Å²) in [4.78, 5) is 68.1. The maximum absolute atomic E-state index is 12.0. The molecule has 0 spiro atoms. The molecule has 0 aliphatic rings. The molecule has 12 heteroatoms. The monoisotopic (exact) mass is 460 g/mol. The van der Waals surface area contributed by atoms with E-state index in [1.165, 1.54) is 13.8 Å². The normalized spacial score (nSPS) is 12.4. The van der Waals surface area contributed by atoms with Crippen molar-refractivity contribution < 1.29 is 48.5 Å². The fraction of sp³-hybridized carbons (Fsp3) is 0.700. The molecule has 0 aromatic rings. The number of carbonyl (C=O) groups excluding carboxylic acids is 4. The van der Waals surface area contributed by atoms with Gasteiger partial charge in [0.15, 0.2) is 5.78 Å². The van der Waals surface area contributed by atoms with Crippen LogP contribution < -0.4 is 10.6 Å². The van der Waals surface area contributed by atoms with Crippen molar-refractivity contribution in [3.8, 4) is 0 Å². The predicted octanol–water partition coefficient (Wildman–Crippen LogP) is -0.465. The largest absolute Gasteiger partial charge is 0.481 e. The van der Waals surface area contributed by atoms with Crippen LogP contribution in [0.15, 0.2) is 0 Å². The third-order valence-electron chi connectivity index (χ3n) is 4.22. The van der Waals surface area contributed by atoms with E-state index < -0.39 is 35.6 Å². The lowest BCUT2D eigenvalue weighted by molar-refractivity contribution is -0.145. The molecule has 0 aliphatic heterocycles. The van der Waals surface area contributed by atoms with Crippen LogP contribution >= 0.6 is 0 Å². The summed E-state index contributed by atoms with van der Waals surface area (Å²) in [5, 5.41) is 23.2. The molecule has 0 rings (SSSR count). The molecule has 0 bridgehead atoms. The van der Waals surface area contributed by atoms with Gasteiger partial charge in [-0.3, -0.25) is 19.2 Å². The van der Waals surface area contributed by atoms with E-state index in [0.29, 0.717) is 6.54 Å². The summed E-state index contributed by atoms with van der Waals surface area (Å²) in [6.07, 6.45) is -0.844. The molecule has 4 N–H and O–H groups in total. The topological polar surface area (TPSA) is 185 Å². The van der Waals surface area contributed by atoms with Crippen molar-refractivity contribution in [3.05, 3.63) is 0 Å². The van der Waals surface area contributed by atoms with Gasteiger partial charge in [0, 0.05) is 32.7 Å². The van der Waals surface area contributed by atoms with Crippen LogP contribution in [0.5, 0.6) is 0 Å². The zero-order valence-corrected chi connectivity index (χ0v) is 18.4. The highest BCUT2D eigenvalue weighted by molar-refractivity contribution is 5.86. The van der Waals surface area contributed by atoms with Gasteiger partial charge in [-0.15, -0.1) is 0 Å². The molecule has 0 saturated carbocycles. The van der Waals surface area contributed by atoms with Crippen LogP contribution in [0, 0.1) is 5.92 Å². The summed E-state index contributed by atoms with van der Waals surface area (Å²) in [5.74, 6) is -5.18. The third kappa shape index (κ3) is 15.9. The van der Waals surface area contributed by atoms with Gasteiger partial charge < -0.3 is 35.1 Å². The molecule has 0 saturated heterocycles. The molecule has 2 atom stereocenters. The van der Waals surface area contributed by atoms with Gasteiger partial charge in [0.25, 0.3) is 0 Å². The van der Waals surface area contributed by atoms with Crippen LogP contribution in [0.25, 0.3) is 0 Å². The van der Waals surface area contributed by atoms with Gasteiger partial charge in [0.05, 0.1) is 25.7 Å². The molecule has 0 radical (unpaired) electrons. The molecule has 0 aliphatic carbocycles. The highest BCUT2D eigenvalue weighted by Crippen LogP contribution is 2.13. The van der Waals surface area contributed by atoms with E-state index in [-0.39, 0.29) is 70.2 Å². The van der Waals surface area contributed by atoms with Crippen molar-refractivity contribution in [1.82, 2.24) is 10.6 Å². The van der Waals surface area contributed by atoms with E-state index in [0.717, 1.165) is 0 Å². The quantitative estimate of drug-likeness (QED) is 0.184. The van der Waals surface area contributed by atoms with Gasteiger partial charge >= 0.3 is 11.9 Å². The third-order valence-corrected chi connectivity index (χ3v) is 4.22. The first kappa shape index (κ1) is 29.1. The Bertz CT molecular complexity index is 665. The SMILES string of the molecule is CC(=O)CC[C@H](NC(=O)CC[C@H](CC(=O)COCCOCCNC(C)=O)C(=O)O)C(=O)O. The minimum absolute atomic E-state index is 0.0101. The van der Waals surface area contributed by atoms with E-state index in [1.807, 2.05) is 0 Å². The Labute approximate surface area is 186 Å². The maximum Gasteiger partial charge on any atom is 0.326 e. The fourth-order valence-corrected chi connectivity index (χ4v) is 2.53. The molecular formula is C20H32N2O10. The standard InChI is InChI=1S/C20H32N2O10/c1-13(23)3-5-17(20(29)30)22-18(26)6-4-15(19(27)28)11-16(25)12-32-10-9-31-8-7-21-14(2)24/h15,17H,3-12H2,1-2H3,(H,21,24)(H,22,26)(H,27,28)(H,29,30)/t15-,17+/m1/s1. The highest BCUT2D eigenvalue weighted by Gasteiger charge is 2.24. The number of rotatable bonds is 19. The Morgan fingerprint density at radius 2 is 1.50 bits per heavy atom. The number of Topliss-reactive ketones (excluding diaryl/α,β-unsaturated/α-hetero) is 2. The van der Waals surface area contributed by atoms with E-state index in [2.05, 4.69) is 10.6 Å². The lowest BCUT2D eigenvalue weighted by Crippen LogP contribution is -2.41. The Morgan fingerprint density at radius 3 is 2.06 bits per heavy atom. The van der Waals surface area contributed by atoms with Crippen LogP contribution in [-0.4, -0.2) is 84.5 Å². The molecule has 32 heavy (non-hydrogen) atoms. The van der Waals surface area contributed by atoms with Crippen LogP contribution in [-0.2, 0) is 38.2 Å². The van der Waals surface area contributed by atoms with Gasteiger partial charge in [0.1, 0.15) is 18.4 Å². The van der Waals surface area contributed by atoms with Gasteiger partial charge in [0.2, 0.25) is 11.8 Å². The lowest BCUT2D eigenvalue weighted by atomic mass is 9.97. The van der Waals surface area contributed by atoms with Crippen molar-refractivity contribution in [1.29, 1.82) is 0 Å². The number of amides is 2. The van der Waals surface area contributed by atoms with E-state index >= 15 is 0 Å². The first-order chi connectivity index (χ1) is 15.0. The molecular weight excluding hydrogens is 428 g/mol. The number of carboxylic acid groups (broad SMARTS) is 2.